The lowest BCUT2D eigenvalue weighted by molar-refractivity contribution is -0.115. The summed E-state index contributed by atoms with van der Waals surface area (Å²) in [6.07, 6.45) is 0. The number of hydrogen-bond donors (Lipinski definition) is 2. The van der Waals surface area contributed by atoms with Crippen molar-refractivity contribution in [2.75, 3.05) is 19.0 Å². The van der Waals surface area contributed by atoms with Crippen LogP contribution in [0.4, 0.5) is 5.13 Å². The third kappa shape index (κ3) is 3.69. The van der Waals surface area contributed by atoms with E-state index in [4.69, 9.17) is 4.74 Å². The Morgan fingerprint density at radius 2 is 1.96 bits per heavy atom. The van der Waals surface area contributed by atoms with Gasteiger partial charge in [0.2, 0.25) is 5.91 Å². The van der Waals surface area contributed by atoms with Crippen molar-refractivity contribution in [2.24, 2.45) is 0 Å². The second-order valence-electron chi connectivity index (χ2n) is 4.95. The van der Waals surface area contributed by atoms with Gasteiger partial charge < -0.3 is 15.4 Å². The van der Waals surface area contributed by atoms with Gasteiger partial charge in [-0.05, 0) is 30.3 Å². The summed E-state index contributed by atoms with van der Waals surface area (Å²) in [6.45, 7) is -0.118. The number of hydrogen-bond acceptors (Lipinski definition) is 5. The minimum Gasteiger partial charge on any atom is -0.497 e. The quantitative estimate of drug-likeness (QED) is 0.748. The Kier molecular flexibility index (Phi) is 4.72. The van der Waals surface area contributed by atoms with Gasteiger partial charge in [0, 0.05) is 5.56 Å². The normalized spacial score (nSPS) is 10.4. The zero-order chi connectivity index (χ0) is 16.9. The highest BCUT2D eigenvalue weighted by Gasteiger charge is 2.10. The molecule has 7 heteroatoms. The van der Waals surface area contributed by atoms with E-state index in [1.807, 2.05) is 24.3 Å². The SMILES string of the molecule is COc1ccc2nc(NC(=O)CNC(=O)c3ccccc3)sc2c1. The maximum Gasteiger partial charge on any atom is 0.251 e. The summed E-state index contributed by atoms with van der Waals surface area (Å²) in [7, 11) is 1.60. The number of nitrogens with zero attached hydrogens (tertiary/aromatic N) is 1. The highest BCUT2D eigenvalue weighted by Crippen LogP contribution is 2.28. The first kappa shape index (κ1) is 15.9. The largest absolute Gasteiger partial charge is 0.497 e. The van der Waals surface area contributed by atoms with Crippen LogP contribution in [0.15, 0.2) is 48.5 Å². The highest BCUT2D eigenvalue weighted by atomic mass is 32.1. The first-order valence-corrected chi connectivity index (χ1v) is 8.05. The fourth-order valence-electron chi connectivity index (χ4n) is 2.10. The van der Waals surface area contributed by atoms with Gasteiger partial charge in [-0.15, -0.1) is 0 Å². The number of benzene rings is 2. The zero-order valence-corrected chi connectivity index (χ0v) is 13.7. The first-order valence-electron chi connectivity index (χ1n) is 7.23. The van der Waals surface area contributed by atoms with Crippen molar-refractivity contribution in [3.63, 3.8) is 0 Å². The van der Waals surface area contributed by atoms with Crippen LogP contribution in [-0.2, 0) is 4.79 Å². The minimum atomic E-state index is -0.328. The molecule has 0 aliphatic heterocycles. The molecule has 122 valence electrons. The zero-order valence-electron chi connectivity index (χ0n) is 12.9. The Morgan fingerprint density at radius 3 is 2.71 bits per heavy atom. The molecule has 2 aromatic carbocycles. The minimum absolute atomic E-state index is 0.118. The number of carbonyl (C=O) groups is 2. The van der Waals surface area contributed by atoms with Crippen molar-refractivity contribution in [3.05, 3.63) is 54.1 Å². The van der Waals surface area contributed by atoms with E-state index in [-0.39, 0.29) is 18.4 Å². The Bertz CT molecular complexity index is 877. The smallest absolute Gasteiger partial charge is 0.251 e. The molecule has 0 spiro atoms. The average Bonchev–Trinajstić information content (AvgIpc) is 3.01. The van der Waals surface area contributed by atoms with Crippen LogP contribution < -0.4 is 15.4 Å². The fourth-order valence-corrected chi connectivity index (χ4v) is 3.01. The van der Waals surface area contributed by atoms with Crippen molar-refractivity contribution >= 4 is 38.5 Å². The molecule has 1 aromatic heterocycles. The molecule has 0 unspecified atom stereocenters. The van der Waals surface area contributed by atoms with Crippen molar-refractivity contribution < 1.29 is 14.3 Å². The van der Waals surface area contributed by atoms with Crippen LogP contribution in [0.2, 0.25) is 0 Å². The number of carbonyl (C=O) groups excluding carboxylic acids is 2. The van der Waals surface area contributed by atoms with Gasteiger partial charge in [0.15, 0.2) is 5.13 Å². The van der Waals surface area contributed by atoms with Gasteiger partial charge in [0.25, 0.3) is 5.91 Å². The van der Waals surface area contributed by atoms with E-state index in [0.29, 0.717) is 10.7 Å². The molecule has 3 aromatic rings. The standard InChI is InChI=1S/C17H15N3O3S/c1-23-12-7-8-13-14(9-12)24-17(19-13)20-15(21)10-18-16(22)11-5-3-2-4-6-11/h2-9H,10H2,1H3,(H,18,22)(H,19,20,21). The summed E-state index contributed by atoms with van der Waals surface area (Å²) in [4.78, 5) is 28.2. The maximum atomic E-state index is 12.0. The molecule has 0 fully saturated rings. The molecule has 3 rings (SSSR count). The molecular formula is C17H15N3O3S. The lowest BCUT2D eigenvalue weighted by Gasteiger charge is -2.04. The van der Waals surface area contributed by atoms with E-state index < -0.39 is 0 Å². The predicted octanol–water partition coefficient (Wildman–Crippen LogP) is 2.67. The maximum absolute atomic E-state index is 12.0. The van der Waals surface area contributed by atoms with E-state index in [2.05, 4.69) is 15.6 Å². The van der Waals surface area contributed by atoms with Crippen LogP contribution >= 0.6 is 11.3 Å². The van der Waals surface area contributed by atoms with Crippen LogP contribution in [-0.4, -0.2) is 30.5 Å². The van der Waals surface area contributed by atoms with Gasteiger partial charge in [0.05, 0.1) is 23.9 Å². The topological polar surface area (TPSA) is 80.3 Å². The van der Waals surface area contributed by atoms with E-state index in [9.17, 15) is 9.59 Å². The molecule has 0 aliphatic carbocycles. The molecule has 24 heavy (non-hydrogen) atoms. The lowest BCUT2D eigenvalue weighted by atomic mass is 10.2. The van der Waals surface area contributed by atoms with Crippen LogP contribution in [0.3, 0.4) is 0 Å². The van der Waals surface area contributed by atoms with Crippen LogP contribution in [0.5, 0.6) is 5.75 Å². The van der Waals surface area contributed by atoms with Gasteiger partial charge in [-0.2, -0.15) is 0 Å². The van der Waals surface area contributed by atoms with Crippen molar-refractivity contribution in [1.82, 2.24) is 10.3 Å². The molecule has 0 atom stereocenters. The van der Waals surface area contributed by atoms with Crippen LogP contribution in [0, 0.1) is 0 Å². The van der Waals surface area contributed by atoms with Crippen molar-refractivity contribution in [3.8, 4) is 5.75 Å². The molecule has 0 saturated carbocycles. The van der Waals surface area contributed by atoms with Gasteiger partial charge in [-0.25, -0.2) is 4.98 Å². The van der Waals surface area contributed by atoms with Gasteiger partial charge in [-0.1, -0.05) is 29.5 Å². The number of fused-ring (bicyclic) bond motifs is 1. The molecule has 2 N–H and O–H groups in total. The van der Waals surface area contributed by atoms with Crippen LogP contribution in [0.1, 0.15) is 10.4 Å². The molecular weight excluding hydrogens is 326 g/mol. The summed E-state index contributed by atoms with van der Waals surface area (Å²) in [6, 6.07) is 14.2. The monoisotopic (exact) mass is 341 g/mol. The van der Waals surface area contributed by atoms with E-state index in [1.54, 1.807) is 31.4 Å². The third-order valence-electron chi connectivity index (χ3n) is 3.29. The Morgan fingerprint density at radius 1 is 1.17 bits per heavy atom. The van der Waals surface area contributed by atoms with Crippen LogP contribution in [0.25, 0.3) is 10.2 Å². The number of nitrogens with one attached hydrogen (secondary N) is 2. The summed E-state index contributed by atoms with van der Waals surface area (Å²) in [5, 5.41) is 5.75. The van der Waals surface area contributed by atoms with E-state index in [1.165, 1.54) is 11.3 Å². The third-order valence-corrected chi connectivity index (χ3v) is 4.22. The molecule has 0 saturated heterocycles. The summed E-state index contributed by atoms with van der Waals surface area (Å²) in [5.41, 5.74) is 1.29. The highest BCUT2D eigenvalue weighted by molar-refractivity contribution is 7.22. The first-order chi connectivity index (χ1) is 11.7. The second-order valence-corrected chi connectivity index (χ2v) is 5.98. The molecule has 2 amide bonds. The van der Waals surface area contributed by atoms with Gasteiger partial charge in [0.1, 0.15) is 5.75 Å². The summed E-state index contributed by atoms with van der Waals surface area (Å²) >= 11 is 1.35. The number of ether oxygens (including phenoxy) is 1. The lowest BCUT2D eigenvalue weighted by Crippen LogP contribution is -2.32. The van der Waals surface area contributed by atoms with Crippen molar-refractivity contribution in [1.29, 1.82) is 0 Å². The van der Waals surface area contributed by atoms with Gasteiger partial charge in [-0.3, -0.25) is 9.59 Å². The Balaban J connectivity index is 1.59. The Hall–Kier alpha value is -2.93. The predicted molar refractivity (Wildman–Crippen MR) is 93.6 cm³/mol. The van der Waals surface area contributed by atoms with Crippen molar-refractivity contribution in [2.45, 2.75) is 0 Å². The number of methoxy groups -OCH3 is 1. The summed E-state index contributed by atoms with van der Waals surface area (Å²) in [5.74, 6) is 0.115. The fraction of sp³-hybridized carbons (Fsp3) is 0.118. The number of aromatic nitrogens is 1. The number of rotatable bonds is 5. The summed E-state index contributed by atoms with van der Waals surface area (Å²) < 4.78 is 6.08. The Labute approximate surface area is 142 Å². The molecule has 0 aliphatic rings. The van der Waals surface area contributed by atoms with E-state index in [0.717, 1.165) is 16.0 Å². The van der Waals surface area contributed by atoms with E-state index >= 15 is 0 Å². The molecule has 1 heterocycles. The number of thiazole rings is 1. The molecule has 6 nitrogen and oxygen atoms in total. The molecule has 0 radical (unpaired) electrons. The van der Waals surface area contributed by atoms with Gasteiger partial charge >= 0.3 is 0 Å². The molecule has 0 bridgehead atoms. The second kappa shape index (κ2) is 7.10. The average molecular weight is 341 g/mol. The number of amides is 2. The number of anilines is 1.